The highest BCUT2D eigenvalue weighted by atomic mass is 35.5. The molecule has 0 radical (unpaired) electrons. The number of amides is 1. The highest BCUT2D eigenvalue weighted by Gasteiger charge is 2.35. The predicted octanol–water partition coefficient (Wildman–Crippen LogP) is 6.12. The summed E-state index contributed by atoms with van der Waals surface area (Å²) in [5, 5.41) is 5.25. The fourth-order valence-corrected chi connectivity index (χ4v) is 5.38. The molecule has 1 unspecified atom stereocenters. The van der Waals surface area contributed by atoms with Crippen molar-refractivity contribution < 1.29 is 23.7 Å². The molecule has 2 aromatic carbocycles. The number of halogens is 1. The van der Waals surface area contributed by atoms with Crippen LogP contribution in [0.1, 0.15) is 55.0 Å². The number of hydrogen-bond acceptors (Lipinski definition) is 6. The number of H-pyrrole nitrogens is 1. The average molecular weight is 572 g/mol. The molecule has 2 heterocycles. The van der Waals surface area contributed by atoms with E-state index in [1.54, 1.807) is 19.1 Å². The van der Waals surface area contributed by atoms with Crippen molar-refractivity contribution >= 4 is 28.6 Å². The summed E-state index contributed by atoms with van der Waals surface area (Å²) >= 11 is 6.31. The fraction of sp³-hybridized carbons (Fsp3) is 0.516. The Morgan fingerprint density at radius 3 is 2.52 bits per heavy atom. The van der Waals surface area contributed by atoms with Gasteiger partial charge >= 0.3 is 6.09 Å². The van der Waals surface area contributed by atoms with Crippen LogP contribution in [0.4, 0.5) is 4.79 Å². The Bertz CT molecular complexity index is 1200. The summed E-state index contributed by atoms with van der Waals surface area (Å²) in [6, 6.07) is 13.6. The van der Waals surface area contributed by atoms with Crippen molar-refractivity contribution in [2.24, 2.45) is 0 Å². The molecule has 1 atom stereocenters. The highest BCUT2D eigenvalue weighted by molar-refractivity contribution is 6.31. The first-order valence-corrected chi connectivity index (χ1v) is 14.6. The van der Waals surface area contributed by atoms with Crippen LogP contribution in [0.2, 0.25) is 5.02 Å². The molecule has 0 fully saturated rings. The molecule has 0 spiro atoms. The molecule has 8 nitrogen and oxygen atoms in total. The Morgan fingerprint density at radius 1 is 0.950 bits per heavy atom. The lowest BCUT2D eigenvalue weighted by molar-refractivity contribution is 0.0629. The third-order valence-corrected chi connectivity index (χ3v) is 7.49. The quantitative estimate of drug-likeness (QED) is 0.202. The zero-order chi connectivity index (χ0) is 28.2. The summed E-state index contributed by atoms with van der Waals surface area (Å²) in [5.41, 5.74) is 4.19. The SMILES string of the molecule is COCCCNCCCCCCOc1ccc(C2c3[nH]c4ccc(Cl)cc4c3CCN2C(=O)OCCOC)cc1. The van der Waals surface area contributed by atoms with Crippen LogP contribution in [-0.2, 0) is 20.6 Å². The van der Waals surface area contributed by atoms with Gasteiger partial charge < -0.3 is 29.2 Å². The summed E-state index contributed by atoms with van der Waals surface area (Å²) in [6.07, 6.45) is 5.96. The van der Waals surface area contributed by atoms with E-state index in [4.69, 9.17) is 30.5 Å². The second kappa shape index (κ2) is 15.9. The Hall–Kier alpha value is -2.78. The second-order valence-electron chi connectivity index (χ2n) is 10.1. The number of benzene rings is 2. The third kappa shape index (κ3) is 8.13. The van der Waals surface area contributed by atoms with Crippen molar-refractivity contribution in [3.63, 3.8) is 0 Å². The van der Waals surface area contributed by atoms with E-state index in [1.165, 1.54) is 18.4 Å². The lowest BCUT2D eigenvalue weighted by Crippen LogP contribution is -2.41. The minimum atomic E-state index is -0.352. The average Bonchev–Trinajstić information content (AvgIpc) is 3.33. The minimum absolute atomic E-state index is 0.214. The summed E-state index contributed by atoms with van der Waals surface area (Å²) in [6.45, 7) is 4.68. The van der Waals surface area contributed by atoms with Crippen molar-refractivity contribution in [3.8, 4) is 5.75 Å². The highest BCUT2D eigenvalue weighted by Crippen LogP contribution is 2.39. The van der Waals surface area contributed by atoms with Crippen molar-refractivity contribution in [2.75, 3.05) is 60.3 Å². The topological polar surface area (TPSA) is 85.1 Å². The first kappa shape index (κ1) is 30.2. The van der Waals surface area contributed by atoms with Crippen molar-refractivity contribution in [1.29, 1.82) is 0 Å². The minimum Gasteiger partial charge on any atom is -0.494 e. The number of nitrogens with zero attached hydrogens (tertiary/aromatic N) is 1. The number of hydrogen-bond donors (Lipinski definition) is 2. The van der Waals surface area contributed by atoms with Gasteiger partial charge in [0.15, 0.2) is 0 Å². The molecule has 9 heteroatoms. The maximum Gasteiger partial charge on any atom is 0.410 e. The molecule has 0 aliphatic carbocycles. The van der Waals surface area contributed by atoms with Gasteiger partial charge in [0.2, 0.25) is 0 Å². The van der Waals surface area contributed by atoms with Crippen molar-refractivity contribution in [1.82, 2.24) is 15.2 Å². The number of carbonyl (C=O) groups is 1. The number of unbranched alkanes of at least 4 members (excludes halogenated alkanes) is 3. The largest absolute Gasteiger partial charge is 0.494 e. The van der Waals surface area contributed by atoms with Crippen LogP contribution in [0, 0.1) is 0 Å². The van der Waals surface area contributed by atoms with E-state index in [1.807, 2.05) is 42.5 Å². The van der Waals surface area contributed by atoms with Crippen molar-refractivity contribution in [3.05, 3.63) is 64.3 Å². The van der Waals surface area contributed by atoms with Gasteiger partial charge in [0, 0.05) is 49.0 Å². The van der Waals surface area contributed by atoms with Gasteiger partial charge in [0.05, 0.1) is 13.2 Å². The van der Waals surface area contributed by atoms with Crippen LogP contribution in [-0.4, -0.2) is 76.3 Å². The van der Waals surface area contributed by atoms with Crippen LogP contribution in [0.3, 0.4) is 0 Å². The molecule has 1 amide bonds. The number of nitrogens with one attached hydrogen (secondary N) is 2. The van der Waals surface area contributed by atoms with Gasteiger partial charge in [-0.3, -0.25) is 4.90 Å². The Labute approximate surface area is 242 Å². The molecule has 4 rings (SSSR count). The zero-order valence-electron chi connectivity index (χ0n) is 23.7. The molecule has 1 aliphatic rings. The fourth-order valence-electron chi connectivity index (χ4n) is 5.21. The van der Waals surface area contributed by atoms with Gasteiger partial charge in [0.1, 0.15) is 18.4 Å². The molecule has 0 bridgehead atoms. The zero-order valence-corrected chi connectivity index (χ0v) is 24.4. The Balaban J connectivity index is 1.36. The predicted molar refractivity (Wildman–Crippen MR) is 159 cm³/mol. The molecule has 3 aromatic rings. The number of carbonyl (C=O) groups excluding carboxylic acids is 1. The summed E-state index contributed by atoms with van der Waals surface area (Å²) in [4.78, 5) is 18.5. The van der Waals surface area contributed by atoms with Crippen LogP contribution in [0.5, 0.6) is 5.75 Å². The molecule has 0 saturated carbocycles. The van der Waals surface area contributed by atoms with Crippen LogP contribution >= 0.6 is 11.6 Å². The van der Waals surface area contributed by atoms with Crippen LogP contribution in [0.15, 0.2) is 42.5 Å². The number of ether oxygens (including phenoxy) is 4. The summed E-state index contributed by atoms with van der Waals surface area (Å²) in [5.74, 6) is 0.831. The standard InChI is InChI=1S/C31H42ClN3O5/c1-37-18-7-16-33-15-5-3-4-6-19-39-25-11-8-23(9-12-25)30-29-26(27-22-24(32)10-13-28(27)34-29)14-17-35(30)31(36)40-21-20-38-2/h8-13,22,30,33-34H,3-7,14-21H2,1-2H3. The van der Waals surface area contributed by atoms with Gasteiger partial charge in [-0.15, -0.1) is 0 Å². The number of fused-ring (bicyclic) bond motifs is 3. The monoisotopic (exact) mass is 571 g/mol. The molecule has 1 aliphatic heterocycles. The summed E-state index contributed by atoms with van der Waals surface area (Å²) in [7, 11) is 3.33. The number of methoxy groups -OCH3 is 2. The molecular formula is C31H42ClN3O5. The maximum atomic E-state index is 13.1. The molecule has 0 saturated heterocycles. The number of aromatic nitrogens is 1. The van der Waals surface area contributed by atoms with Gasteiger partial charge in [-0.05, 0) is 80.2 Å². The molecule has 2 N–H and O–H groups in total. The maximum absolute atomic E-state index is 13.1. The Morgan fingerprint density at radius 2 is 1.73 bits per heavy atom. The van der Waals surface area contributed by atoms with Crippen molar-refractivity contribution in [2.45, 2.75) is 44.6 Å². The molecular weight excluding hydrogens is 530 g/mol. The van der Waals surface area contributed by atoms with Gasteiger partial charge in [-0.1, -0.05) is 36.6 Å². The van der Waals surface area contributed by atoms with E-state index < -0.39 is 0 Å². The van der Waals surface area contributed by atoms with Crippen LogP contribution in [0.25, 0.3) is 10.9 Å². The molecule has 40 heavy (non-hydrogen) atoms. The normalized spacial score (nSPS) is 14.9. The number of rotatable bonds is 16. The van der Waals surface area contributed by atoms with Gasteiger partial charge in [-0.2, -0.15) is 0 Å². The first-order chi connectivity index (χ1) is 19.6. The number of aromatic amines is 1. The molecule has 218 valence electrons. The molecule has 1 aromatic heterocycles. The lowest BCUT2D eigenvalue weighted by atomic mass is 9.92. The smallest absolute Gasteiger partial charge is 0.410 e. The van der Waals surface area contributed by atoms with Gasteiger partial charge in [0.25, 0.3) is 0 Å². The first-order valence-electron chi connectivity index (χ1n) is 14.3. The van der Waals surface area contributed by atoms with E-state index in [0.29, 0.717) is 24.8 Å². The van der Waals surface area contributed by atoms with E-state index in [-0.39, 0.29) is 18.7 Å². The van der Waals surface area contributed by atoms with Gasteiger partial charge in [-0.25, -0.2) is 4.79 Å². The lowest BCUT2D eigenvalue weighted by Gasteiger charge is -2.35. The van der Waals surface area contributed by atoms with E-state index in [0.717, 1.165) is 73.3 Å². The van der Waals surface area contributed by atoms with E-state index in [2.05, 4.69) is 10.3 Å². The van der Waals surface area contributed by atoms with Crippen LogP contribution < -0.4 is 10.1 Å². The second-order valence-corrected chi connectivity index (χ2v) is 10.5. The third-order valence-electron chi connectivity index (χ3n) is 7.25. The van der Waals surface area contributed by atoms with E-state index >= 15 is 0 Å². The van der Waals surface area contributed by atoms with E-state index in [9.17, 15) is 4.79 Å². The summed E-state index contributed by atoms with van der Waals surface area (Å²) < 4.78 is 21.7. The Kier molecular flexibility index (Phi) is 12.0.